The zero-order valence-corrected chi connectivity index (χ0v) is 13.2. The number of aromatic nitrogens is 1. The Balaban J connectivity index is 1.41. The molecular weight excluding hydrogens is 290 g/mol. The maximum absolute atomic E-state index is 12.3. The molecule has 120 valence electrons. The first-order valence-electron chi connectivity index (χ1n) is 8.30. The Kier molecular flexibility index (Phi) is 3.65. The molecule has 2 fully saturated rings. The van der Waals surface area contributed by atoms with Crippen molar-refractivity contribution in [2.45, 2.75) is 50.6 Å². The zero-order valence-electron chi connectivity index (χ0n) is 13.2. The second-order valence-electron chi connectivity index (χ2n) is 6.65. The molecule has 1 heterocycles. The van der Waals surface area contributed by atoms with Crippen LogP contribution in [0.5, 0.6) is 0 Å². The average molecular weight is 311 g/mol. The van der Waals surface area contributed by atoms with E-state index >= 15 is 0 Å². The molecule has 5 heteroatoms. The van der Waals surface area contributed by atoms with Gasteiger partial charge in [-0.1, -0.05) is 23.7 Å². The SMILES string of the molecule is Cc1cc(NC(=O)c2cccc([C@@H]3CC3NC3CCC3)c2)no1. The Morgan fingerprint density at radius 3 is 2.87 bits per heavy atom. The summed E-state index contributed by atoms with van der Waals surface area (Å²) in [5.41, 5.74) is 1.91. The van der Waals surface area contributed by atoms with E-state index in [0.717, 1.165) is 0 Å². The van der Waals surface area contributed by atoms with Gasteiger partial charge in [0.25, 0.3) is 5.91 Å². The number of carbonyl (C=O) groups excluding carboxylic acids is 1. The Morgan fingerprint density at radius 2 is 2.17 bits per heavy atom. The molecule has 1 aromatic heterocycles. The quantitative estimate of drug-likeness (QED) is 0.889. The fourth-order valence-electron chi connectivity index (χ4n) is 3.15. The summed E-state index contributed by atoms with van der Waals surface area (Å²) >= 11 is 0. The van der Waals surface area contributed by atoms with Crippen molar-refractivity contribution in [1.82, 2.24) is 10.5 Å². The van der Waals surface area contributed by atoms with E-state index in [9.17, 15) is 4.79 Å². The van der Waals surface area contributed by atoms with Crippen LogP contribution in [0.15, 0.2) is 34.9 Å². The lowest BCUT2D eigenvalue weighted by Crippen LogP contribution is -2.37. The van der Waals surface area contributed by atoms with E-state index in [1.165, 1.54) is 31.2 Å². The van der Waals surface area contributed by atoms with Gasteiger partial charge in [0.15, 0.2) is 5.82 Å². The first-order valence-corrected chi connectivity index (χ1v) is 8.30. The highest BCUT2D eigenvalue weighted by Gasteiger charge is 2.40. The number of hydrogen-bond acceptors (Lipinski definition) is 4. The van der Waals surface area contributed by atoms with Crippen LogP contribution in [0.25, 0.3) is 0 Å². The van der Waals surface area contributed by atoms with E-state index in [1.54, 1.807) is 13.0 Å². The van der Waals surface area contributed by atoms with Gasteiger partial charge in [-0.2, -0.15) is 0 Å². The summed E-state index contributed by atoms with van der Waals surface area (Å²) in [6.45, 7) is 1.80. The van der Waals surface area contributed by atoms with Gasteiger partial charge in [0.05, 0.1) is 0 Å². The molecule has 2 aliphatic carbocycles. The normalized spacial score (nSPS) is 23.3. The molecule has 2 atom stereocenters. The van der Waals surface area contributed by atoms with Gasteiger partial charge in [0.2, 0.25) is 0 Å². The molecule has 0 spiro atoms. The van der Waals surface area contributed by atoms with Gasteiger partial charge in [0.1, 0.15) is 5.76 Å². The molecule has 1 unspecified atom stereocenters. The second kappa shape index (κ2) is 5.81. The second-order valence-corrected chi connectivity index (χ2v) is 6.65. The fraction of sp³-hybridized carbons (Fsp3) is 0.444. The highest BCUT2D eigenvalue weighted by atomic mass is 16.5. The van der Waals surface area contributed by atoms with Crippen LogP contribution in [-0.2, 0) is 0 Å². The van der Waals surface area contributed by atoms with Crippen molar-refractivity contribution in [1.29, 1.82) is 0 Å². The minimum absolute atomic E-state index is 0.149. The van der Waals surface area contributed by atoms with Crippen LogP contribution in [-0.4, -0.2) is 23.1 Å². The number of nitrogens with one attached hydrogen (secondary N) is 2. The standard InChI is InChI=1S/C18H21N3O2/c1-11-8-17(21-23-11)20-18(22)13-5-2-4-12(9-13)15-10-16(15)19-14-6-3-7-14/h2,4-5,8-9,14-16,19H,3,6-7,10H2,1H3,(H,20,21,22)/t15-,16?/m0/s1. The third kappa shape index (κ3) is 3.15. The van der Waals surface area contributed by atoms with E-state index < -0.39 is 0 Å². The number of rotatable bonds is 5. The molecule has 0 bridgehead atoms. The van der Waals surface area contributed by atoms with Crippen LogP contribution in [0, 0.1) is 6.92 Å². The van der Waals surface area contributed by atoms with Gasteiger partial charge < -0.3 is 15.2 Å². The average Bonchev–Trinajstić information content (AvgIpc) is 3.17. The maximum Gasteiger partial charge on any atom is 0.256 e. The molecule has 2 N–H and O–H groups in total. The Hall–Kier alpha value is -2.14. The molecule has 0 radical (unpaired) electrons. The monoisotopic (exact) mass is 311 g/mol. The minimum atomic E-state index is -0.149. The molecule has 1 aromatic carbocycles. The number of hydrogen-bond donors (Lipinski definition) is 2. The van der Waals surface area contributed by atoms with Crippen molar-refractivity contribution < 1.29 is 9.32 Å². The van der Waals surface area contributed by atoms with E-state index in [1.807, 2.05) is 18.2 Å². The van der Waals surface area contributed by atoms with Crippen molar-refractivity contribution in [2.75, 3.05) is 5.32 Å². The van der Waals surface area contributed by atoms with Crippen LogP contribution in [0.4, 0.5) is 5.82 Å². The Bertz CT molecular complexity index is 721. The number of anilines is 1. The van der Waals surface area contributed by atoms with Crippen molar-refractivity contribution in [2.24, 2.45) is 0 Å². The van der Waals surface area contributed by atoms with Crippen LogP contribution in [0.1, 0.15) is 53.3 Å². The summed E-state index contributed by atoms with van der Waals surface area (Å²) in [5.74, 6) is 1.52. The molecular formula is C18H21N3O2. The summed E-state index contributed by atoms with van der Waals surface area (Å²) < 4.78 is 4.97. The van der Waals surface area contributed by atoms with Gasteiger partial charge >= 0.3 is 0 Å². The van der Waals surface area contributed by atoms with Gasteiger partial charge in [-0.25, -0.2) is 0 Å². The smallest absolute Gasteiger partial charge is 0.256 e. The molecule has 0 aliphatic heterocycles. The largest absolute Gasteiger partial charge is 0.360 e. The minimum Gasteiger partial charge on any atom is -0.360 e. The first-order chi connectivity index (χ1) is 11.2. The Labute approximate surface area is 135 Å². The summed E-state index contributed by atoms with van der Waals surface area (Å²) in [6.07, 6.45) is 5.14. The molecule has 2 aliphatic rings. The van der Waals surface area contributed by atoms with Crippen LogP contribution < -0.4 is 10.6 Å². The Morgan fingerprint density at radius 1 is 1.30 bits per heavy atom. The van der Waals surface area contributed by atoms with Gasteiger partial charge in [-0.15, -0.1) is 0 Å². The molecule has 5 nitrogen and oxygen atoms in total. The highest BCUT2D eigenvalue weighted by molar-refractivity contribution is 6.03. The van der Waals surface area contributed by atoms with E-state index in [-0.39, 0.29) is 5.91 Å². The molecule has 0 saturated heterocycles. The van der Waals surface area contributed by atoms with E-state index in [0.29, 0.717) is 35.1 Å². The molecule has 1 amide bonds. The number of amides is 1. The fourth-order valence-corrected chi connectivity index (χ4v) is 3.15. The topological polar surface area (TPSA) is 67.2 Å². The number of nitrogens with zero attached hydrogens (tertiary/aromatic N) is 1. The van der Waals surface area contributed by atoms with Crippen molar-refractivity contribution in [3.8, 4) is 0 Å². The summed E-state index contributed by atoms with van der Waals surface area (Å²) in [7, 11) is 0. The molecule has 2 saturated carbocycles. The molecule has 2 aromatic rings. The lowest BCUT2D eigenvalue weighted by atomic mass is 9.93. The summed E-state index contributed by atoms with van der Waals surface area (Å²) in [6, 6.07) is 10.9. The summed E-state index contributed by atoms with van der Waals surface area (Å²) in [4.78, 5) is 12.3. The third-order valence-electron chi connectivity index (χ3n) is 4.79. The number of carbonyl (C=O) groups is 1. The van der Waals surface area contributed by atoms with E-state index in [2.05, 4.69) is 21.9 Å². The van der Waals surface area contributed by atoms with Gasteiger partial charge in [-0.3, -0.25) is 4.79 Å². The van der Waals surface area contributed by atoms with Crippen LogP contribution in [0.2, 0.25) is 0 Å². The van der Waals surface area contributed by atoms with Crippen molar-refractivity contribution >= 4 is 11.7 Å². The van der Waals surface area contributed by atoms with E-state index in [4.69, 9.17) is 4.52 Å². The van der Waals surface area contributed by atoms with Gasteiger partial charge in [0, 0.05) is 29.6 Å². The number of benzene rings is 1. The molecule has 23 heavy (non-hydrogen) atoms. The van der Waals surface area contributed by atoms with Crippen molar-refractivity contribution in [3.05, 3.63) is 47.2 Å². The van der Waals surface area contributed by atoms with Crippen LogP contribution >= 0.6 is 0 Å². The lowest BCUT2D eigenvalue weighted by molar-refractivity contribution is 0.102. The van der Waals surface area contributed by atoms with Crippen LogP contribution in [0.3, 0.4) is 0 Å². The molecule has 4 rings (SSSR count). The van der Waals surface area contributed by atoms with Gasteiger partial charge in [-0.05, 0) is 43.9 Å². The highest BCUT2D eigenvalue weighted by Crippen LogP contribution is 2.42. The summed E-state index contributed by atoms with van der Waals surface area (Å²) in [5, 5.41) is 10.3. The predicted octanol–water partition coefficient (Wildman–Crippen LogP) is 3.23. The first kappa shape index (κ1) is 14.5. The zero-order chi connectivity index (χ0) is 15.8. The number of aryl methyl sites for hydroxylation is 1. The van der Waals surface area contributed by atoms with Crippen molar-refractivity contribution in [3.63, 3.8) is 0 Å². The maximum atomic E-state index is 12.3. The third-order valence-corrected chi connectivity index (χ3v) is 4.79. The predicted molar refractivity (Wildman–Crippen MR) is 87.6 cm³/mol. The lowest BCUT2D eigenvalue weighted by Gasteiger charge is -2.26.